The first-order chi connectivity index (χ1) is 6.02. The molecule has 0 aromatic carbocycles. The lowest BCUT2D eigenvalue weighted by molar-refractivity contribution is -0.145. The molecule has 0 rings (SSSR count). The molecule has 0 saturated heterocycles. The van der Waals surface area contributed by atoms with Gasteiger partial charge in [-0.15, -0.1) is 0 Å². The fraction of sp³-hybridized carbons (Fsp3) is 0.889. The van der Waals surface area contributed by atoms with Gasteiger partial charge in [0.15, 0.2) is 0 Å². The summed E-state index contributed by atoms with van der Waals surface area (Å²) in [4.78, 5) is 13.1. The van der Waals surface area contributed by atoms with Crippen molar-refractivity contribution >= 4 is 5.97 Å². The molecule has 2 unspecified atom stereocenters. The van der Waals surface area contributed by atoms with Crippen molar-refractivity contribution in [1.82, 2.24) is 4.90 Å². The molecule has 0 radical (unpaired) electrons. The molecule has 0 heterocycles. The van der Waals surface area contributed by atoms with Crippen molar-refractivity contribution in [2.45, 2.75) is 19.9 Å². The van der Waals surface area contributed by atoms with Gasteiger partial charge in [0.05, 0.1) is 13.0 Å². The number of carbonyl (C=O) groups excluding carboxylic acids is 1. The molecule has 0 aliphatic carbocycles. The molecular formula is C9H20N2O2. The Morgan fingerprint density at radius 1 is 1.54 bits per heavy atom. The maximum atomic E-state index is 11.1. The SMILES string of the molecule is COC(=O)C(C)CN(C)C(C)CN. The highest BCUT2D eigenvalue weighted by Gasteiger charge is 2.17. The third-order valence-electron chi connectivity index (χ3n) is 2.26. The van der Waals surface area contributed by atoms with E-state index in [0.29, 0.717) is 19.1 Å². The van der Waals surface area contributed by atoms with Crippen LogP contribution in [0.3, 0.4) is 0 Å². The number of rotatable bonds is 5. The van der Waals surface area contributed by atoms with Crippen LogP contribution in [0.15, 0.2) is 0 Å². The van der Waals surface area contributed by atoms with Gasteiger partial charge in [-0.1, -0.05) is 6.92 Å². The van der Waals surface area contributed by atoms with Crippen molar-refractivity contribution in [1.29, 1.82) is 0 Å². The van der Waals surface area contributed by atoms with Crippen LogP contribution in [-0.2, 0) is 9.53 Å². The molecule has 78 valence electrons. The summed E-state index contributed by atoms with van der Waals surface area (Å²) < 4.78 is 4.63. The molecule has 0 aromatic rings. The van der Waals surface area contributed by atoms with Crippen molar-refractivity contribution in [3.63, 3.8) is 0 Å². The van der Waals surface area contributed by atoms with Gasteiger partial charge in [0, 0.05) is 19.1 Å². The van der Waals surface area contributed by atoms with Gasteiger partial charge in [-0.3, -0.25) is 4.79 Å². The lowest BCUT2D eigenvalue weighted by atomic mass is 10.1. The Bertz CT molecular complexity index is 162. The molecule has 0 aliphatic heterocycles. The van der Waals surface area contributed by atoms with Crippen LogP contribution < -0.4 is 5.73 Å². The number of nitrogens with zero attached hydrogens (tertiary/aromatic N) is 1. The van der Waals surface area contributed by atoms with Crippen LogP contribution in [0.2, 0.25) is 0 Å². The van der Waals surface area contributed by atoms with E-state index in [-0.39, 0.29) is 11.9 Å². The van der Waals surface area contributed by atoms with Crippen LogP contribution >= 0.6 is 0 Å². The van der Waals surface area contributed by atoms with E-state index >= 15 is 0 Å². The molecule has 2 atom stereocenters. The minimum atomic E-state index is -0.170. The predicted octanol–water partition coefficient (Wildman–Crippen LogP) is 0.0745. The zero-order chi connectivity index (χ0) is 10.4. The highest BCUT2D eigenvalue weighted by Crippen LogP contribution is 2.03. The molecular weight excluding hydrogens is 168 g/mol. The van der Waals surface area contributed by atoms with E-state index in [1.807, 2.05) is 20.9 Å². The Hall–Kier alpha value is -0.610. The molecule has 2 N–H and O–H groups in total. The zero-order valence-electron chi connectivity index (χ0n) is 8.91. The zero-order valence-corrected chi connectivity index (χ0v) is 8.91. The standard InChI is InChI=1S/C9H20N2O2/c1-7(9(12)13-4)6-11(3)8(2)5-10/h7-8H,5-6,10H2,1-4H3. The van der Waals surface area contributed by atoms with Crippen molar-refractivity contribution in [3.8, 4) is 0 Å². The number of hydrogen-bond acceptors (Lipinski definition) is 4. The Morgan fingerprint density at radius 2 is 2.08 bits per heavy atom. The number of nitrogens with two attached hydrogens (primary N) is 1. The van der Waals surface area contributed by atoms with Gasteiger partial charge in [0.2, 0.25) is 0 Å². The summed E-state index contributed by atoms with van der Waals surface area (Å²) in [5, 5.41) is 0. The van der Waals surface area contributed by atoms with Crippen LogP contribution in [0.4, 0.5) is 0 Å². The largest absolute Gasteiger partial charge is 0.469 e. The monoisotopic (exact) mass is 188 g/mol. The number of ether oxygens (including phenoxy) is 1. The first kappa shape index (κ1) is 12.4. The molecule has 13 heavy (non-hydrogen) atoms. The van der Waals surface area contributed by atoms with Gasteiger partial charge in [-0.05, 0) is 14.0 Å². The van der Waals surface area contributed by atoms with Gasteiger partial charge in [0.1, 0.15) is 0 Å². The summed E-state index contributed by atoms with van der Waals surface area (Å²) >= 11 is 0. The molecule has 4 heteroatoms. The average Bonchev–Trinajstić information content (AvgIpc) is 2.14. The second kappa shape index (κ2) is 5.94. The molecule has 0 saturated carbocycles. The minimum absolute atomic E-state index is 0.0935. The summed E-state index contributed by atoms with van der Waals surface area (Å²) in [7, 11) is 3.36. The fourth-order valence-electron chi connectivity index (χ4n) is 1.07. The third kappa shape index (κ3) is 4.24. The Kier molecular flexibility index (Phi) is 5.66. The maximum Gasteiger partial charge on any atom is 0.309 e. The van der Waals surface area contributed by atoms with E-state index in [0.717, 1.165) is 0 Å². The van der Waals surface area contributed by atoms with Gasteiger partial charge in [0.25, 0.3) is 0 Å². The summed E-state index contributed by atoms with van der Waals surface area (Å²) in [6.07, 6.45) is 0. The van der Waals surface area contributed by atoms with E-state index in [4.69, 9.17) is 5.73 Å². The number of esters is 1. The van der Waals surface area contributed by atoms with Crippen LogP contribution in [0.1, 0.15) is 13.8 Å². The minimum Gasteiger partial charge on any atom is -0.469 e. The lowest BCUT2D eigenvalue weighted by Gasteiger charge is -2.25. The van der Waals surface area contributed by atoms with Crippen LogP contribution in [0, 0.1) is 5.92 Å². The lowest BCUT2D eigenvalue weighted by Crippen LogP contribution is -2.39. The maximum absolute atomic E-state index is 11.1. The number of carbonyl (C=O) groups is 1. The fourth-order valence-corrected chi connectivity index (χ4v) is 1.07. The van der Waals surface area contributed by atoms with E-state index in [1.54, 1.807) is 0 Å². The van der Waals surface area contributed by atoms with Crippen LogP contribution in [0.25, 0.3) is 0 Å². The Balaban J connectivity index is 3.90. The highest BCUT2D eigenvalue weighted by atomic mass is 16.5. The van der Waals surface area contributed by atoms with Crippen molar-refractivity contribution in [2.75, 3.05) is 27.2 Å². The quantitative estimate of drug-likeness (QED) is 0.621. The van der Waals surface area contributed by atoms with Gasteiger partial charge >= 0.3 is 5.97 Å². The first-order valence-electron chi connectivity index (χ1n) is 4.51. The first-order valence-corrected chi connectivity index (χ1v) is 4.51. The summed E-state index contributed by atoms with van der Waals surface area (Å²) in [6, 6.07) is 0.298. The van der Waals surface area contributed by atoms with Crippen LogP contribution in [0.5, 0.6) is 0 Å². The smallest absolute Gasteiger partial charge is 0.309 e. The molecule has 0 bridgehead atoms. The molecule has 0 aromatic heterocycles. The third-order valence-corrected chi connectivity index (χ3v) is 2.26. The normalized spacial score (nSPS) is 15.5. The van der Waals surface area contributed by atoms with Gasteiger partial charge in [-0.25, -0.2) is 0 Å². The number of methoxy groups -OCH3 is 1. The summed E-state index contributed by atoms with van der Waals surface area (Å²) in [6.45, 7) is 5.17. The average molecular weight is 188 g/mol. The van der Waals surface area contributed by atoms with Crippen molar-refractivity contribution in [2.24, 2.45) is 11.7 Å². The summed E-state index contributed by atoms with van der Waals surface area (Å²) in [5.41, 5.74) is 5.50. The van der Waals surface area contributed by atoms with Crippen molar-refractivity contribution < 1.29 is 9.53 Å². The second-order valence-electron chi connectivity index (χ2n) is 3.45. The van der Waals surface area contributed by atoms with E-state index in [9.17, 15) is 4.79 Å². The van der Waals surface area contributed by atoms with Gasteiger partial charge < -0.3 is 15.4 Å². The van der Waals surface area contributed by atoms with E-state index in [2.05, 4.69) is 9.64 Å². The number of likely N-dealkylation sites (N-methyl/N-ethyl adjacent to an activating group) is 1. The Labute approximate surface area is 80.0 Å². The highest BCUT2D eigenvalue weighted by molar-refractivity contribution is 5.72. The number of hydrogen-bond donors (Lipinski definition) is 1. The molecule has 0 fully saturated rings. The molecule has 0 spiro atoms. The van der Waals surface area contributed by atoms with E-state index in [1.165, 1.54) is 7.11 Å². The Morgan fingerprint density at radius 3 is 2.46 bits per heavy atom. The van der Waals surface area contributed by atoms with E-state index < -0.39 is 0 Å². The van der Waals surface area contributed by atoms with Crippen molar-refractivity contribution in [3.05, 3.63) is 0 Å². The molecule has 0 aliphatic rings. The molecule has 4 nitrogen and oxygen atoms in total. The second-order valence-corrected chi connectivity index (χ2v) is 3.45. The molecule has 0 amide bonds. The predicted molar refractivity (Wildman–Crippen MR) is 52.3 cm³/mol. The van der Waals surface area contributed by atoms with Gasteiger partial charge in [-0.2, -0.15) is 0 Å². The summed E-state index contributed by atoms with van der Waals surface area (Å²) in [5.74, 6) is -0.264. The van der Waals surface area contributed by atoms with Crippen LogP contribution in [-0.4, -0.2) is 44.2 Å². The topological polar surface area (TPSA) is 55.6 Å².